The minimum absolute atomic E-state index is 0.0852. The molecule has 8 nitrogen and oxygen atoms in total. The molecule has 0 radical (unpaired) electrons. The Morgan fingerprint density at radius 1 is 1.24 bits per heavy atom. The molecule has 0 aliphatic carbocycles. The third-order valence-corrected chi connectivity index (χ3v) is 7.32. The predicted molar refractivity (Wildman–Crippen MR) is 106 cm³/mol. The Hall–Kier alpha value is -3.06. The van der Waals surface area contributed by atoms with Crippen molar-refractivity contribution < 1.29 is 40.6 Å². The molecular weight excluding hydrogens is 470 g/mol. The molecule has 0 fully saturated rings. The van der Waals surface area contributed by atoms with Gasteiger partial charge >= 0.3 is 6.29 Å². The first kappa shape index (κ1) is 21.8. The lowest BCUT2D eigenvalue weighted by Gasteiger charge is -2.21. The van der Waals surface area contributed by atoms with E-state index in [2.05, 4.69) is 14.5 Å². The van der Waals surface area contributed by atoms with Crippen molar-refractivity contribution in [1.82, 2.24) is 9.38 Å². The first-order chi connectivity index (χ1) is 15.3. The standard InChI is InChI=1S/C20H17F4N3O5S/c1-3-33(29,30)18-16(25-15-5-4-11(9-26(15)18)19(2,21)22)27-8-10-6-13-14(7-12(10)17(27)28)32-20(23,24)31-13/h4-7,9,17,28H,3,8H2,1-2H3. The molecule has 13 heteroatoms. The number of hydrogen-bond donors (Lipinski definition) is 1. The number of aliphatic hydroxyl groups is 1. The predicted octanol–water partition coefficient (Wildman–Crippen LogP) is 3.57. The summed E-state index contributed by atoms with van der Waals surface area (Å²) in [6, 6.07) is 4.87. The second kappa shape index (κ2) is 6.73. The number of imidazole rings is 1. The largest absolute Gasteiger partial charge is 0.586 e. The van der Waals surface area contributed by atoms with Gasteiger partial charge in [0.1, 0.15) is 5.65 Å². The minimum atomic E-state index is -3.99. The molecule has 33 heavy (non-hydrogen) atoms. The minimum Gasteiger partial charge on any atom is -0.395 e. The fourth-order valence-corrected chi connectivity index (χ4v) is 5.10. The number of ether oxygens (including phenoxy) is 2. The number of halogens is 4. The van der Waals surface area contributed by atoms with Crippen LogP contribution in [0.1, 0.15) is 36.8 Å². The molecule has 2 aromatic heterocycles. The second-order valence-corrected chi connectivity index (χ2v) is 10.0. The number of rotatable bonds is 4. The van der Waals surface area contributed by atoms with Crippen molar-refractivity contribution >= 4 is 21.3 Å². The molecule has 0 saturated carbocycles. The van der Waals surface area contributed by atoms with Crippen LogP contribution < -0.4 is 14.4 Å². The van der Waals surface area contributed by atoms with Crippen LogP contribution in [0.15, 0.2) is 35.5 Å². The maximum Gasteiger partial charge on any atom is 0.586 e. The Morgan fingerprint density at radius 3 is 2.55 bits per heavy atom. The summed E-state index contributed by atoms with van der Waals surface area (Å²) in [4.78, 5) is 5.54. The molecule has 2 aliphatic rings. The Labute approximate surface area is 184 Å². The Morgan fingerprint density at radius 2 is 1.91 bits per heavy atom. The highest BCUT2D eigenvalue weighted by molar-refractivity contribution is 7.91. The lowest BCUT2D eigenvalue weighted by Crippen LogP contribution is -2.26. The van der Waals surface area contributed by atoms with E-state index >= 15 is 0 Å². The Bertz CT molecular complexity index is 1400. The van der Waals surface area contributed by atoms with Crippen LogP contribution in [-0.4, -0.2) is 35.0 Å². The quantitative estimate of drug-likeness (QED) is 0.563. The molecular formula is C20H17F4N3O5S. The maximum atomic E-state index is 13.9. The smallest absolute Gasteiger partial charge is 0.395 e. The fourth-order valence-electron chi connectivity index (χ4n) is 3.94. The second-order valence-electron chi connectivity index (χ2n) is 7.85. The van der Waals surface area contributed by atoms with Gasteiger partial charge in [-0.2, -0.15) is 0 Å². The molecule has 1 aromatic carbocycles. The number of aromatic nitrogens is 2. The van der Waals surface area contributed by atoms with Crippen LogP contribution in [0.3, 0.4) is 0 Å². The van der Waals surface area contributed by atoms with Gasteiger partial charge in [-0.05, 0) is 29.8 Å². The highest BCUT2D eigenvalue weighted by Gasteiger charge is 2.45. The molecule has 0 spiro atoms. The lowest BCUT2D eigenvalue weighted by molar-refractivity contribution is -0.286. The van der Waals surface area contributed by atoms with Gasteiger partial charge in [0.25, 0.3) is 5.92 Å². The van der Waals surface area contributed by atoms with E-state index in [1.54, 1.807) is 0 Å². The monoisotopic (exact) mass is 487 g/mol. The van der Waals surface area contributed by atoms with Crippen LogP contribution >= 0.6 is 0 Å². The van der Waals surface area contributed by atoms with E-state index in [0.717, 1.165) is 16.7 Å². The summed E-state index contributed by atoms with van der Waals surface area (Å²) in [7, 11) is -3.99. The first-order valence-electron chi connectivity index (χ1n) is 9.81. The molecule has 0 saturated heterocycles. The van der Waals surface area contributed by atoms with Crippen LogP contribution in [0.4, 0.5) is 23.4 Å². The Kier molecular flexibility index (Phi) is 4.44. The van der Waals surface area contributed by atoms with Crippen molar-refractivity contribution in [3.63, 3.8) is 0 Å². The number of fused-ring (bicyclic) bond motifs is 3. The summed E-state index contributed by atoms with van der Waals surface area (Å²) in [5.41, 5.74) is 0.262. The zero-order chi connectivity index (χ0) is 23.9. The van der Waals surface area contributed by atoms with E-state index in [1.807, 2.05) is 0 Å². The van der Waals surface area contributed by atoms with Crippen molar-refractivity contribution in [1.29, 1.82) is 0 Å². The zero-order valence-corrected chi connectivity index (χ0v) is 18.0. The number of sulfone groups is 1. The van der Waals surface area contributed by atoms with Crippen LogP contribution in [0.25, 0.3) is 5.65 Å². The molecule has 5 rings (SSSR count). The number of hydrogen-bond acceptors (Lipinski definition) is 7. The summed E-state index contributed by atoms with van der Waals surface area (Å²) in [6.45, 7) is 1.99. The van der Waals surface area contributed by atoms with Crippen molar-refractivity contribution in [3.8, 4) is 11.5 Å². The van der Waals surface area contributed by atoms with Gasteiger partial charge < -0.3 is 19.5 Å². The van der Waals surface area contributed by atoms with Gasteiger partial charge in [-0.1, -0.05) is 6.92 Å². The highest BCUT2D eigenvalue weighted by Crippen LogP contribution is 2.47. The molecule has 1 atom stereocenters. The van der Waals surface area contributed by atoms with E-state index in [1.165, 1.54) is 30.0 Å². The molecule has 4 heterocycles. The SMILES string of the molecule is CCS(=O)(=O)c1c(N2Cc3cc4c(cc3C2O)OC(F)(F)O4)nc2ccc(C(C)(F)F)cn12. The zero-order valence-electron chi connectivity index (χ0n) is 17.2. The number of alkyl halides is 4. The molecule has 2 aliphatic heterocycles. The van der Waals surface area contributed by atoms with Gasteiger partial charge in [-0.15, -0.1) is 8.78 Å². The van der Waals surface area contributed by atoms with Crippen LogP contribution in [0.5, 0.6) is 11.5 Å². The number of nitrogens with zero attached hydrogens (tertiary/aromatic N) is 3. The topological polar surface area (TPSA) is 93.4 Å². The number of anilines is 1. The van der Waals surface area contributed by atoms with Crippen molar-refractivity contribution in [2.24, 2.45) is 0 Å². The average Bonchev–Trinajstić information content (AvgIpc) is 3.34. The lowest BCUT2D eigenvalue weighted by atomic mass is 10.1. The average molecular weight is 487 g/mol. The van der Waals surface area contributed by atoms with E-state index in [-0.39, 0.29) is 45.9 Å². The summed E-state index contributed by atoms with van der Waals surface area (Å²) in [5.74, 6) is -4.21. The van der Waals surface area contributed by atoms with E-state index in [0.29, 0.717) is 12.5 Å². The summed E-state index contributed by atoms with van der Waals surface area (Å²) >= 11 is 0. The van der Waals surface area contributed by atoms with Crippen molar-refractivity contribution in [3.05, 3.63) is 47.2 Å². The highest BCUT2D eigenvalue weighted by atomic mass is 32.2. The van der Waals surface area contributed by atoms with Gasteiger partial charge in [-0.3, -0.25) is 4.40 Å². The molecule has 3 aromatic rings. The van der Waals surface area contributed by atoms with Crippen LogP contribution in [0.2, 0.25) is 0 Å². The van der Waals surface area contributed by atoms with Gasteiger partial charge in [0.2, 0.25) is 0 Å². The molecule has 0 amide bonds. The fraction of sp³-hybridized carbons (Fsp3) is 0.350. The summed E-state index contributed by atoms with van der Waals surface area (Å²) in [5, 5.41) is 10.5. The van der Waals surface area contributed by atoms with Gasteiger partial charge in [0.15, 0.2) is 38.4 Å². The van der Waals surface area contributed by atoms with Crippen molar-refractivity contribution in [2.45, 2.75) is 43.9 Å². The third-order valence-electron chi connectivity index (χ3n) is 5.59. The molecule has 0 bridgehead atoms. The number of pyridine rings is 1. The van der Waals surface area contributed by atoms with E-state index < -0.39 is 33.8 Å². The number of aliphatic hydroxyl groups excluding tert-OH is 1. The van der Waals surface area contributed by atoms with Gasteiger partial charge in [0.05, 0.1) is 5.75 Å². The normalized spacial score (nSPS) is 19.4. The van der Waals surface area contributed by atoms with E-state index in [4.69, 9.17) is 0 Å². The van der Waals surface area contributed by atoms with Crippen molar-refractivity contribution in [2.75, 3.05) is 10.7 Å². The first-order valence-corrected chi connectivity index (χ1v) is 11.5. The van der Waals surface area contributed by atoms with Crippen LogP contribution in [0, 0.1) is 0 Å². The third kappa shape index (κ3) is 3.37. The van der Waals surface area contributed by atoms with Gasteiger partial charge in [-0.25, -0.2) is 22.2 Å². The maximum absolute atomic E-state index is 13.9. The van der Waals surface area contributed by atoms with E-state index in [9.17, 15) is 31.1 Å². The number of benzene rings is 1. The summed E-state index contributed by atoms with van der Waals surface area (Å²) < 4.78 is 90.4. The molecule has 1 N–H and O–H groups in total. The molecule has 176 valence electrons. The van der Waals surface area contributed by atoms with Crippen LogP contribution in [-0.2, 0) is 22.3 Å². The molecule has 1 unspecified atom stereocenters. The van der Waals surface area contributed by atoms with Gasteiger partial charge in [0, 0.05) is 30.8 Å². The Balaban J connectivity index is 1.65. The summed E-state index contributed by atoms with van der Waals surface area (Å²) in [6.07, 6.45) is -4.28.